The number of rotatable bonds is 4. The lowest BCUT2D eigenvalue weighted by molar-refractivity contribution is 0.111. The molecule has 1 N–H and O–H groups in total. The van der Waals surface area contributed by atoms with Gasteiger partial charge in [-0.3, -0.25) is 4.79 Å². The van der Waals surface area contributed by atoms with Crippen LogP contribution >= 0.6 is 27.3 Å². The molecule has 1 saturated carbocycles. The van der Waals surface area contributed by atoms with Crippen molar-refractivity contribution in [2.75, 3.05) is 14.2 Å². The van der Waals surface area contributed by atoms with Gasteiger partial charge in [0.25, 0.3) is 0 Å². The fourth-order valence-corrected chi connectivity index (χ4v) is 5.03. The van der Waals surface area contributed by atoms with E-state index in [1.807, 2.05) is 42.8 Å². The third kappa shape index (κ3) is 5.08. The van der Waals surface area contributed by atoms with Gasteiger partial charge in [0, 0.05) is 28.6 Å². The molecule has 0 atom stereocenters. The number of benzene rings is 1. The topological polar surface area (TPSA) is 65.4 Å². The Morgan fingerprint density at radius 3 is 2.62 bits per heavy atom. The Balaban J connectivity index is 0.000000272. The molecule has 1 aliphatic carbocycles. The number of ether oxygens (including phenoxy) is 2. The van der Waals surface area contributed by atoms with E-state index in [9.17, 15) is 4.79 Å². The molecule has 0 radical (unpaired) electrons. The van der Waals surface area contributed by atoms with Crippen molar-refractivity contribution in [2.45, 2.75) is 52.2 Å². The molecule has 1 aromatic carbocycles. The zero-order valence-electron chi connectivity index (χ0n) is 19.0. The first kappa shape index (κ1) is 24.5. The number of hydrogen-bond donors (Lipinski definition) is 1. The molecule has 3 heterocycles. The van der Waals surface area contributed by atoms with E-state index in [4.69, 9.17) is 9.47 Å². The molecule has 0 unspecified atom stereocenters. The summed E-state index contributed by atoms with van der Waals surface area (Å²) in [7, 11) is 3.66. The van der Waals surface area contributed by atoms with Crippen molar-refractivity contribution in [1.29, 1.82) is 0 Å². The summed E-state index contributed by atoms with van der Waals surface area (Å²) < 4.78 is 13.8. The second kappa shape index (κ2) is 11.6. The molecule has 32 heavy (non-hydrogen) atoms. The van der Waals surface area contributed by atoms with Gasteiger partial charge in [-0.25, -0.2) is 4.68 Å². The predicted octanol–water partition coefficient (Wildman–Crippen LogP) is 6.25. The summed E-state index contributed by atoms with van der Waals surface area (Å²) in [6.45, 7) is 4.31. The lowest BCUT2D eigenvalue weighted by Crippen LogP contribution is -2.20. The van der Waals surface area contributed by atoms with E-state index in [-0.39, 0.29) is 0 Å². The van der Waals surface area contributed by atoms with E-state index in [0.717, 1.165) is 39.3 Å². The highest BCUT2D eigenvalue weighted by Crippen LogP contribution is 2.44. The molecule has 5 rings (SSSR count). The number of halogens is 1. The minimum atomic E-state index is 0.311. The van der Waals surface area contributed by atoms with Crippen LogP contribution in [0, 0.1) is 0 Å². The van der Waals surface area contributed by atoms with Gasteiger partial charge in [-0.2, -0.15) is 16.4 Å². The van der Waals surface area contributed by atoms with Gasteiger partial charge in [-0.1, -0.05) is 26.7 Å². The number of fused-ring (bicyclic) bond motifs is 3. The van der Waals surface area contributed by atoms with Crippen molar-refractivity contribution in [3.8, 4) is 28.4 Å². The summed E-state index contributed by atoms with van der Waals surface area (Å²) in [5.41, 5.74) is 3.90. The van der Waals surface area contributed by atoms with Gasteiger partial charge in [0.05, 0.1) is 23.0 Å². The highest BCUT2D eigenvalue weighted by atomic mass is 79.9. The molecule has 3 aromatic rings. The van der Waals surface area contributed by atoms with Crippen LogP contribution in [0.1, 0.15) is 55.6 Å². The van der Waals surface area contributed by atoms with Crippen LogP contribution in [0.2, 0.25) is 0 Å². The summed E-state index contributed by atoms with van der Waals surface area (Å²) in [6, 6.07) is 6.60. The third-order valence-electron chi connectivity index (χ3n) is 5.52. The minimum absolute atomic E-state index is 0.311. The lowest BCUT2D eigenvalue weighted by Gasteiger charge is -2.20. The summed E-state index contributed by atoms with van der Waals surface area (Å²) in [5.74, 6) is 1.41. The molecule has 0 spiro atoms. The van der Waals surface area contributed by atoms with Crippen LogP contribution in [0.25, 0.3) is 16.9 Å². The van der Waals surface area contributed by atoms with Gasteiger partial charge in [-0.05, 0) is 53.3 Å². The second-order valence-corrected chi connectivity index (χ2v) is 8.90. The van der Waals surface area contributed by atoms with E-state index in [2.05, 4.69) is 33.4 Å². The minimum Gasteiger partial charge on any atom is -0.495 e. The van der Waals surface area contributed by atoms with Crippen LogP contribution in [-0.4, -0.2) is 36.3 Å². The van der Waals surface area contributed by atoms with Crippen LogP contribution in [0.3, 0.4) is 0 Å². The zero-order valence-corrected chi connectivity index (χ0v) is 21.4. The van der Waals surface area contributed by atoms with Crippen LogP contribution in [0.4, 0.5) is 0 Å². The summed E-state index contributed by atoms with van der Waals surface area (Å²) in [6.07, 6.45) is 6.44. The largest absolute Gasteiger partial charge is 0.495 e. The lowest BCUT2D eigenvalue weighted by atomic mass is 10.0. The van der Waals surface area contributed by atoms with Gasteiger partial charge in [0.2, 0.25) is 0 Å². The predicted molar refractivity (Wildman–Crippen MR) is 134 cm³/mol. The normalized spacial score (nSPS) is 14.2. The Morgan fingerprint density at radius 2 is 2.06 bits per heavy atom. The van der Waals surface area contributed by atoms with Crippen LogP contribution in [-0.2, 0) is 6.61 Å². The van der Waals surface area contributed by atoms with Gasteiger partial charge in [0.15, 0.2) is 6.29 Å². The van der Waals surface area contributed by atoms with E-state index in [1.54, 1.807) is 23.1 Å². The molecule has 0 amide bonds. The van der Waals surface area contributed by atoms with Gasteiger partial charge in [0.1, 0.15) is 23.8 Å². The molecule has 1 aliphatic heterocycles. The second-order valence-electron chi connectivity index (χ2n) is 7.27. The third-order valence-corrected chi connectivity index (χ3v) is 6.81. The average molecular weight is 520 g/mol. The molecule has 8 heteroatoms. The quantitative estimate of drug-likeness (QED) is 0.412. The van der Waals surface area contributed by atoms with Crippen molar-refractivity contribution >= 4 is 33.6 Å². The number of methoxy groups -OCH3 is 1. The average Bonchev–Trinajstić information content (AvgIpc) is 3.60. The molecule has 6 nitrogen and oxygen atoms in total. The number of nitrogens with one attached hydrogen (secondary N) is 1. The van der Waals surface area contributed by atoms with Crippen molar-refractivity contribution in [3.63, 3.8) is 0 Å². The Hall–Kier alpha value is -2.16. The Labute approximate surface area is 202 Å². The van der Waals surface area contributed by atoms with Crippen molar-refractivity contribution in [1.82, 2.24) is 15.1 Å². The number of aldehydes is 1. The molecule has 0 bridgehead atoms. The van der Waals surface area contributed by atoms with Crippen LogP contribution in [0.15, 0.2) is 33.4 Å². The summed E-state index contributed by atoms with van der Waals surface area (Å²) >= 11 is 5.09. The fourth-order valence-electron chi connectivity index (χ4n) is 3.91. The standard InChI is InChI=1S/C16H11BrN2O3S.C6H13N.C2H6/c1-21-15-5-14-10(4-12(15)17)16-11(7-22-14)13(6-20)18-19(16)9-2-3-23-8-9;1-7-6-4-2-3-5-6;1-2/h2-6,8H,7H2,1H3;6-7H,2-5H2,1H3;1-2H3. The fraction of sp³-hybridized carbons (Fsp3) is 0.417. The number of nitrogens with zero attached hydrogens (tertiary/aromatic N) is 2. The Bertz CT molecular complexity index is 1030. The zero-order chi connectivity index (χ0) is 23.1. The maximum absolute atomic E-state index is 11.4. The molecule has 0 saturated heterocycles. The molecule has 2 aromatic heterocycles. The van der Waals surface area contributed by atoms with Crippen molar-refractivity contribution < 1.29 is 14.3 Å². The number of hydrogen-bond acceptors (Lipinski definition) is 6. The Morgan fingerprint density at radius 1 is 1.31 bits per heavy atom. The van der Waals surface area contributed by atoms with Gasteiger partial charge >= 0.3 is 0 Å². The SMILES string of the molecule is CC.CNC1CCCC1.COc1cc2c(cc1Br)-c1c(c(C=O)nn1-c1ccsc1)CO2. The first-order valence-electron chi connectivity index (χ1n) is 10.9. The van der Waals surface area contributed by atoms with E-state index >= 15 is 0 Å². The monoisotopic (exact) mass is 519 g/mol. The molecular formula is C24H30BrN3O3S. The molecular weight excluding hydrogens is 490 g/mol. The first-order chi connectivity index (χ1) is 15.7. The maximum Gasteiger partial charge on any atom is 0.170 e. The van der Waals surface area contributed by atoms with Gasteiger partial charge in [-0.15, -0.1) is 0 Å². The summed E-state index contributed by atoms with van der Waals surface area (Å²) in [5, 5.41) is 11.7. The molecule has 1 fully saturated rings. The van der Waals surface area contributed by atoms with Crippen molar-refractivity contribution in [3.05, 3.63) is 44.7 Å². The molecule has 2 aliphatic rings. The first-order valence-corrected chi connectivity index (χ1v) is 12.7. The van der Waals surface area contributed by atoms with Crippen LogP contribution < -0.4 is 14.8 Å². The highest BCUT2D eigenvalue weighted by molar-refractivity contribution is 9.10. The van der Waals surface area contributed by atoms with E-state index in [0.29, 0.717) is 23.8 Å². The Kier molecular flexibility index (Phi) is 8.90. The van der Waals surface area contributed by atoms with E-state index < -0.39 is 0 Å². The number of carbonyl (C=O) groups is 1. The molecule has 172 valence electrons. The highest BCUT2D eigenvalue weighted by Gasteiger charge is 2.28. The van der Waals surface area contributed by atoms with Crippen molar-refractivity contribution in [2.24, 2.45) is 0 Å². The number of aromatic nitrogens is 2. The number of thiophene rings is 1. The van der Waals surface area contributed by atoms with Gasteiger partial charge < -0.3 is 14.8 Å². The number of carbonyl (C=O) groups excluding carboxylic acids is 1. The van der Waals surface area contributed by atoms with E-state index in [1.165, 1.54) is 25.7 Å². The maximum atomic E-state index is 11.4. The van der Waals surface area contributed by atoms with Crippen LogP contribution in [0.5, 0.6) is 11.5 Å². The summed E-state index contributed by atoms with van der Waals surface area (Å²) in [4.78, 5) is 11.4. The smallest absolute Gasteiger partial charge is 0.170 e.